The standard InChI is InChI=1S/C20H22F3N3O4/c1-19(30,10-6-4-2-3-5-7-11-25-18(28)29)17(27)26-15-9-8-14(13-24)16(12-15)20(21,22)23/h8-9,12,25,30H,2-3,5,7,10-11H2,1H3,(H,26,27)(H,28,29). The Hall–Kier alpha value is -3.24. The molecule has 0 aliphatic carbocycles. The van der Waals surface area contributed by atoms with Crippen LogP contribution in [0.2, 0.25) is 0 Å². The zero-order valence-electron chi connectivity index (χ0n) is 16.3. The molecule has 0 heterocycles. The predicted molar refractivity (Wildman–Crippen MR) is 102 cm³/mol. The molecule has 0 aromatic heterocycles. The molecular formula is C20H22F3N3O4. The molecule has 1 aromatic rings. The lowest BCUT2D eigenvalue weighted by molar-refractivity contribution is -0.138. The quantitative estimate of drug-likeness (QED) is 0.375. The summed E-state index contributed by atoms with van der Waals surface area (Å²) in [5, 5.41) is 31.9. The molecule has 0 aliphatic heterocycles. The number of nitrogens with one attached hydrogen (secondary N) is 2. The zero-order chi connectivity index (χ0) is 22.8. The Kier molecular flexibility index (Phi) is 9.16. The minimum Gasteiger partial charge on any atom is -0.465 e. The van der Waals surface area contributed by atoms with Crippen molar-refractivity contribution in [1.29, 1.82) is 5.26 Å². The number of halogens is 3. The molecule has 0 spiro atoms. The maximum absolute atomic E-state index is 13.0. The molecule has 0 saturated heterocycles. The molecule has 2 amide bonds. The number of hydrogen-bond donors (Lipinski definition) is 4. The minimum atomic E-state index is -4.76. The number of rotatable bonds is 8. The fourth-order valence-corrected chi connectivity index (χ4v) is 2.33. The van der Waals surface area contributed by atoms with Crippen molar-refractivity contribution in [2.75, 3.05) is 11.9 Å². The van der Waals surface area contributed by atoms with Crippen molar-refractivity contribution in [1.82, 2.24) is 5.32 Å². The van der Waals surface area contributed by atoms with E-state index in [-0.39, 0.29) is 12.1 Å². The lowest BCUT2D eigenvalue weighted by Crippen LogP contribution is -2.39. The van der Waals surface area contributed by atoms with E-state index in [0.29, 0.717) is 31.9 Å². The average molecular weight is 425 g/mol. The normalized spacial score (nSPS) is 12.7. The predicted octanol–water partition coefficient (Wildman–Crippen LogP) is 3.49. The number of nitrogens with zero attached hydrogens (tertiary/aromatic N) is 1. The number of carbonyl (C=O) groups excluding carboxylic acids is 1. The number of hydrogen-bond acceptors (Lipinski definition) is 4. The number of carbonyl (C=O) groups is 2. The van der Waals surface area contributed by atoms with Gasteiger partial charge in [-0.25, -0.2) is 4.79 Å². The van der Waals surface area contributed by atoms with Gasteiger partial charge in [0.25, 0.3) is 5.91 Å². The van der Waals surface area contributed by atoms with E-state index < -0.39 is 34.9 Å². The van der Waals surface area contributed by atoms with Gasteiger partial charge in [0, 0.05) is 25.1 Å². The number of unbranched alkanes of at least 4 members (excludes halogenated alkanes) is 3. The minimum absolute atomic E-state index is 0.200. The second kappa shape index (κ2) is 11.1. The van der Waals surface area contributed by atoms with Gasteiger partial charge in [-0.05, 0) is 38.0 Å². The number of nitriles is 1. The van der Waals surface area contributed by atoms with Gasteiger partial charge < -0.3 is 20.8 Å². The number of anilines is 1. The van der Waals surface area contributed by atoms with Crippen LogP contribution >= 0.6 is 0 Å². The van der Waals surface area contributed by atoms with Gasteiger partial charge in [0.15, 0.2) is 5.60 Å². The molecular weight excluding hydrogens is 403 g/mol. The number of benzene rings is 1. The van der Waals surface area contributed by atoms with Gasteiger partial charge >= 0.3 is 12.3 Å². The first-order valence-electron chi connectivity index (χ1n) is 9.05. The van der Waals surface area contributed by atoms with Crippen molar-refractivity contribution in [2.24, 2.45) is 0 Å². The van der Waals surface area contributed by atoms with E-state index in [2.05, 4.69) is 22.5 Å². The third-order valence-corrected chi connectivity index (χ3v) is 4.00. The third-order valence-electron chi connectivity index (χ3n) is 4.00. The lowest BCUT2D eigenvalue weighted by atomic mass is 10.0. The fraction of sp³-hybridized carbons (Fsp3) is 0.450. The van der Waals surface area contributed by atoms with Crippen LogP contribution < -0.4 is 10.6 Å². The highest BCUT2D eigenvalue weighted by atomic mass is 19.4. The van der Waals surface area contributed by atoms with Crippen LogP contribution in [0.4, 0.5) is 23.7 Å². The molecule has 1 aromatic carbocycles. The number of amides is 2. The highest BCUT2D eigenvalue weighted by molar-refractivity contribution is 5.97. The zero-order valence-corrected chi connectivity index (χ0v) is 16.3. The Balaban J connectivity index is 2.58. The summed E-state index contributed by atoms with van der Waals surface area (Å²) >= 11 is 0. The number of alkyl halides is 3. The summed E-state index contributed by atoms with van der Waals surface area (Å²) in [5.74, 6) is 4.53. The van der Waals surface area contributed by atoms with Crippen LogP contribution in [0.15, 0.2) is 18.2 Å². The lowest BCUT2D eigenvalue weighted by Gasteiger charge is -2.20. The summed E-state index contributed by atoms with van der Waals surface area (Å²) in [4.78, 5) is 22.5. The van der Waals surface area contributed by atoms with Crippen molar-refractivity contribution >= 4 is 17.7 Å². The smallest absolute Gasteiger partial charge is 0.417 e. The van der Waals surface area contributed by atoms with Crippen molar-refractivity contribution in [3.8, 4) is 17.9 Å². The van der Waals surface area contributed by atoms with E-state index in [9.17, 15) is 27.9 Å². The molecule has 162 valence electrons. The largest absolute Gasteiger partial charge is 0.465 e. The number of aliphatic hydroxyl groups is 1. The van der Waals surface area contributed by atoms with Gasteiger partial charge in [-0.2, -0.15) is 18.4 Å². The van der Waals surface area contributed by atoms with Crippen LogP contribution in [0.5, 0.6) is 0 Å². The van der Waals surface area contributed by atoms with E-state index in [0.717, 1.165) is 18.6 Å². The van der Waals surface area contributed by atoms with E-state index in [1.54, 1.807) is 0 Å². The molecule has 10 heteroatoms. The Morgan fingerprint density at radius 2 is 1.87 bits per heavy atom. The van der Waals surface area contributed by atoms with E-state index in [1.165, 1.54) is 13.0 Å². The van der Waals surface area contributed by atoms with Crippen LogP contribution in [0.3, 0.4) is 0 Å². The summed E-state index contributed by atoms with van der Waals surface area (Å²) in [6.07, 6.45) is -3.43. The second-order valence-corrected chi connectivity index (χ2v) is 6.67. The van der Waals surface area contributed by atoms with Crippen molar-refractivity contribution < 1.29 is 33.0 Å². The van der Waals surface area contributed by atoms with Gasteiger partial charge in [-0.1, -0.05) is 12.3 Å². The summed E-state index contributed by atoms with van der Waals surface area (Å²) in [6, 6.07) is 4.17. The summed E-state index contributed by atoms with van der Waals surface area (Å²) in [5.41, 5.74) is -3.88. The van der Waals surface area contributed by atoms with Crippen molar-refractivity contribution in [3.63, 3.8) is 0 Å². The van der Waals surface area contributed by atoms with Crippen LogP contribution in [-0.4, -0.2) is 34.4 Å². The van der Waals surface area contributed by atoms with E-state index in [1.807, 2.05) is 0 Å². The molecule has 0 aliphatic rings. The Bertz CT molecular complexity index is 865. The van der Waals surface area contributed by atoms with Gasteiger partial charge in [0.1, 0.15) is 0 Å². The molecule has 0 fully saturated rings. The molecule has 4 N–H and O–H groups in total. The first-order valence-corrected chi connectivity index (χ1v) is 9.05. The highest BCUT2D eigenvalue weighted by Crippen LogP contribution is 2.33. The maximum atomic E-state index is 13.0. The Morgan fingerprint density at radius 3 is 2.47 bits per heavy atom. The second-order valence-electron chi connectivity index (χ2n) is 6.67. The van der Waals surface area contributed by atoms with Crippen molar-refractivity contribution in [2.45, 2.75) is 50.8 Å². The number of carboxylic acid groups (broad SMARTS) is 1. The summed E-state index contributed by atoms with van der Waals surface area (Å²) in [6.45, 7) is 1.55. The molecule has 0 radical (unpaired) electrons. The Labute approximate surface area is 171 Å². The molecule has 1 unspecified atom stereocenters. The van der Waals surface area contributed by atoms with Crippen LogP contribution in [-0.2, 0) is 11.0 Å². The average Bonchev–Trinajstić information content (AvgIpc) is 2.65. The molecule has 0 bridgehead atoms. The SMILES string of the molecule is CC(O)(CC#CCCCCCNC(=O)O)C(=O)Nc1ccc(C#N)c(C(F)(F)F)c1. The van der Waals surface area contributed by atoms with Gasteiger partial charge in [0.2, 0.25) is 0 Å². The first-order chi connectivity index (χ1) is 14.0. The fourth-order valence-electron chi connectivity index (χ4n) is 2.33. The molecule has 0 saturated carbocycles. The third kappa shape index (κ3) is 8.41. The van der Waals surface area contributed by atoms with E-state index >= 15 is 0 Å². The monoisotopic (exact) mass is 425 g/mol. The molecule has 7 nitrogen and oxygen atoms in total. The van der Waals surface area contributed by atoms with Crippen LogP contribution in [0.1, 0.15) is 50.2 Å². The van der Waals surface area contributed by atoms with Gasteiger partial charge in [-0.3, -0.25) is 4.79 Å². The molecule has 30 heavy (non-hydrogen) atoms. The van der Waals surface area contributed by atoms with Crippen molar-refractivity contribution in [3.05, 3.63) is 29.3 Å². The molecule has 1 atom stereocenters. The topological polar surface area (TPSA) is 122 Å². The van der Waals surface area contributed by atoms with E-state index in [4.69, 9.17) is 10.4 Å². The van der Waals surface area contributed by atoms with Crippen LogP contribution in [0, 0.1) is 23.2 Å². The van der Waals surface area contributed by atoms with Crippen LogP contribution in [0.25, 0.3) is 0 Å². The maximum Gasteiger partial charge on any atom is 0.417 e. The highest BCUT2D eigenvalue weighted by Gasteiger charge is 2.35. The van der Waals surface area contributed by atoms with Gasteiger partial charge in [-0.15, -0.1) is 5.92 Å². The first kappa shape index (κ1) is 24.8. The summed E-state index contributed by atoms with van der Waals surface area (Å²) < 4.78 is 39.0. The Morgan fingerprint density at radius 1 is 1.17 bits per heavy atom. The molecule has 1 rings (SSSR count). The summed E-state index contributed by atoms with van der Waals surface area (Å²) in [7, 11) is 0. The van der Waals surface area contributed by atoms with Gasteiger partial charge in [0.05, 0.1) is 17.2 Å².